The van der Waals surface area contributed by atoms with Crippen LogP contribution >= 0.6 is 0 Å². The molecule has 1 rings (SSSR count). The molecule has 0 bridgehead atoms. The van der Waals surface area contributed by atoms with Gasteiger partial charge in [-0.1, -0.05) is 6.07 Å². The van der Waals surface area contributed by atoms with Crippen molar-refractivity contribution in [2.45, 2.75) is 32.9 Å². The normalized spacial score (nSPS) is 12.1. The average molecular weight is 222 g/mol. The molecule has 16 heavy (non-hydrogen) atoms. The highest BCUT2D eigenvalue weighted by Gasteiger charge is 2.20. The highest BCUT2D eigenvalue weighted by atomic mass is 16.5. The number of methoxy groups -OCH3 is 1. The molecule has 0 atom stereocenters. The summed E-state index contributed by atoms with van der Waals surface area (Å²) in [5.41, 5.74) is 1.39. The van der Waals surface area contributed by atoms with Gasteiger partial charge in [-0.05, 0) is 32.4 Å². The van der Waals surface area contributed by atoms with Crippen LogP contribution in [0.25, 0.3) is 0 Å². The van der Waals surface area contributed by atoms with E-state index in [0.717, 1.165) is 19.7 Å². The summed E-state index contributed by atoms with van der Waals surface area (Å²) >= 11 is 0. The first-order chi connectivity index (χ1) is 7.54. The third-order valence-electron chi connectivity index (χ3n) is 2.61. The van der Waals surface area contributed by atoms with Crippen LogP contribution < -0.4 is 0 Å². The van der Waals surface area contributed by atoms with Crippen LogP contribution in [-0.2, 0) is 11.3 Å². The van der Waals surface area contributed by atoms with E-state index in [1.54, 1.807) is 13.3 Å². The average Bonchev–Trinajstić information content (AvgIpc) is 2.24. The summed E-state index contributed by atoms with van der Waals surface area (Å²) in [5.74, 6) is 0. The van der Waals surface area contributed by atoms with Crippen molar-refractivity contribution < 1.29 is 4.74 Å². The zero-order chi connectivity index (χ0) is 12.0. The van der Waals surface area contributed by atoms with E-state index in [9.17, 15) is 0 Å². The van der Waals surface area contributed by atoms with E-state index in [1.165, 1.54) is 5.56 Å². The van der Waals surface area contributed by atoms with Crippen molar-refractivity contribution in [2.75, 3.05) is 20.3 Å². The van der Waals surface area contributed by atoms with E-state index >= 15 is 0 Å². The standard InChI is InChI=1S/C13H22N2O/c1-13(2,3)15(8-9-16-4)11-12-6-5-7-14-10-12/h5-7,10H,8-9,11H2,1-4H3. The SMILES string of the molecule is COCCN(Cc1cccnc1)C(C)(C)C. The summed E-state index contributed by atoms with van der Waals surface area (Å²) in [7, 11) is 1.74. The summed E-state index contributed by atoms with van der Waals surface area (Å²) in [6.07, 6.45) is 3.73. The predicted molar refractivity (Wildman–Crippen MR) is 66.3 cm³/mol. The Hall–Kier alpha value is -0.930. The molecule has 0 aromatic carbocycles. The summed E-state index contributed by atoms with van der Waals surface area (Å²) in [6, 6.07) is 4.09. The van der Waals surface area contributed by atoms with Crippen molar-refractivity contribution in [1.82, 2.24) is 9.88 Å². The number of aromatic nitrogens is 1. The third kappa shape index (κ3) is 4.29. The van der Waals surface area contributed by atoms with Gasteiger partial charge < -0.3 is 4.74 Å². The molecule has 0 radical (unpaired) electrons. The van der Waals surface area contributed by atoms with Gasteiger partial charge in [-0.25, -0.2) is 0 Å². The molecule has 90 valence electrons. The van der Waals surface area contributed by atoms with Crippen LogP contribution in [0.3, 0.4) is 0 Å². The number of ether oxygens (including phenoxy) is 1. The first-order valence-corrected chi connectivity index (χ1v) is 5.67. The molecule has 0 saturated carbocycles. The van der Waals surface area contributed by atoms with Crippen LogP contribution in [0.4, 0.5) is 0 Å². The molecule has 0 N–H and O–H groups in total. The topological polar surface area (TPSA) is 25.4 Å². The largest absolute Gasteiger partial charge is 0.383 e. The lowest BCUT2D eigenvalue weighted by Gasteiger charge is -2.35. The molecular weight excluding hydrogens is 200 g/mol. The highest BCUT2D eigenvalue weighted by molar-refractivity contribution is 5.08. The fourth-order valence-electron chi connectivity index (χ4n) is 1.57. The van der Waals surface area contributed by atoms with Gasteiger partial charge in [0.05, 0.1) is 6.61 Å². The van der Waals surface area contributed by atoms with Crippen molar-refractivity contribution in [2.24, 2.45) is 0 Å². The molecule has 1 aromatic rings. The third-order valence-corrected chi connectivity index (χ3v) is 2.61. The monoisotopic (exact) mass is 222 g/mol. The number of pyridine rings is 1. The van der Waals surface area contributed by atoms with Crippen molar-refractivity contribution in [1.29, 1.82) is 0 Å². The first-order valence-electron chi connectivity index (χ1n) is 5.67. The molecule has 0 spiro atoms. The van der Waals surface area contributed by atoms with Gasteiger partial charge in [0.1, 0.15) is 0 Å². The van der Waals surface area contributed by atoms with E-state index in [4.69, 9.17) is 4.74 Å². The Morgan fingerprint density at radius 3 is 2.62 bits per heavy atom. The number of hydrogen-bond acceptors (Lipinski definition) is 3. The van der Waals surface area contributed by atoms with Crippen molar-refractivity contribution in [3.8, 4) is 0 Å². The van der Waals surface area contributed by atoms with Gasteiger partial charge >= 0.3 is 0 Å². The summed E-state index contributed by atoms with van der Waals surface area (Å²) < 4.78 is 5.15. The number of nitrogens with zero attached hydrogens (tertiary/aromatic N) is 2. The van der Waals surface area contributed by atoms with Gasteiger partial charge in [-0.15, -0.1) is 0 Å². The Morgan fingerprint density at radius 1 is 1.38 bits per heavy atom. The first kappa shape index (κ1) is 13.1. The smallest absolute Gasteiger partial charge is 0.0590 e. The van der Waals surface area contributed by atoms with Crippen LogP contribution in [0.5, 0.6) is 0 Å². The molecule has 3 nitrogen and oxygen atoms in total. The Labute approximate surface area is 98.4 Å². The fourth-order valence-corrected chi connectivity index (χ4v) is 1.57. The van der Waals surface area contributed by atoms with E-state index in [1.807, 2.05) is 12.3 Å². The maximum atomic E-state index is 5.15. The van der Waals surface area contributed by atoms with E-state index in [0.29, 0.717) is 0 Å². The molecule has 3 heteroatoms. The zero-order valence-electron chi connectivity index (χ0n) is 10.7. The molecule has 0 aliphatic rings. The second-order valence-corrected chi connectivity index (χ2v) is 4.95. The van der Waals surface area contributed by atoms with Crippen molar-refractivity contribution >= 4 is 0 Å². The maximum Gasteiger partial charge on any atom is 0.0590 e. The van der Waals surface area contributed by atoms with Gasteiger partial charge in [0.2, 0.25) is 0 Å². The molecule has 0 amide bonds. The summed E-state index contributed by atoms with van der Waals surface area (Å²) in [6.45, 7) is 9.28. The molecule has 1 heterocycles. The second-order valence-electron chi connectivity index (χ2n) is 4.95. The Bertz CT molecular complexity index is 293. The minimum Gasteiger partial charge on any atom is -0.383 e. The lowest BCUT2D eigenvalue weighted by Crippen LogP contribution is -2.42. The summed E-state index contributed by atoms with van der Waals surface area (Å²) in [4.78, 5) is 6.54. The van der Waals surface area contributed by atoms with Gasteiger partial charge in [-0.2, -0.15) is 0 Å². The van der Waals surface area contributed by atoms with Crippen LogP contribution in [-0.4, -0.2) is 35.7 Å². The quantitative estimate of drug-likeness (QED) is 0.764. The van der Waals surface area contributed by atoms with Crippen LogP contribution in [0, 0.1) is 0 Å². The Morgan fingerprint density at radius 2 is 2.12 bits per heavy atom. The number of hydrogen-bond donors (Lipinski definition) is 0. The highest BCUT2D eigenvalue weighted by Crippen LogP contribution is 2.16. The molecule has 0 saturated heterocycles. The molecule has 0 aliphatic carbocycles. The van der Waals surface area contributed by atoms with Gasteiger partial charge in [-0.3, -0.25) is 9.88 Å². The van der Waals surface area contributed by atoms with Gasteiger partial charge in [0.15, 0.2) is 0 Å². The summed E-state index contributed by atoms with van der Waals surface area (Å²) in [5, 5.41) is 0. The van der Waals surface area contributed by atoms with E-state index in [-0.39, 0.29) is 5.54 Å². The minimum atomic E-state index is 0.147. The lowest BCUT2D eigenvalue weighted by atomic mass is 10.1. The number of rotatable bonds is 5. The van der Waals surface area contributed by atoms with Gasteiger partial charge in [0.25, 0.3) is 0 Å². The Kier molecular flexibility index (Phi) is 4.90. The molecule has 0 aliphatic heterocycles. The molecule has 0 unspecified atom stereocenters. The molecule has 0 fully saturated rings. The van der Waals surface area contributed by atoms with Gasteiger partial charge in [0, 0.05) is 38.1 Å². The van der Waals surface area contributed by atoms with E-state index in [2.05, 4.69) is 36.7 Å². The van der Waals surface area contributed by atoms with Crippen LogP contribution in [0.2, 0.25) is 0 Å². The Balaban J connectivity index is 2.64. The fraction of sp³-hybridized carbons (Fsp3) is 0.615. The van der Waals surface area contributed by atoms with Crippen LogP contribution in [0.1, 0.15) is 26.3 Å². The lowest BCUT2D eigenvalue weighted by molar-refractivity contribution is 0.0806. The maximum absolute atomic E-state index is 5.15. The zero-order valence-corrected chi connectivity index (χ0v) is 10.7. The molecule has 1 aromatic heterocycles. The molecular formula is C13H22N2O. The predicted octanol–water partition coefficient (Wildman–Crippen LogP) is 2.33. The van der Waals surface area contributed by atoms with Crippen LogP contribution in [0.15, 0.2) is 24.5 Å². The van der Waals surface area contributed by atoms with E-state index < -0.39 is 0 Å². The van der Waals surface area contributed by atoms with Crippen molar-refractivity contribution in [3.05, 3.63) is 30.1 Å². The minimum absolute atomic E-state index is 0.147. The second kappa shape index (κ2) is 5.97. The van der Waals surface area contributed by atoms with Crippen molar-refractivity contribution in [3.63, 3.8) is 0 Å².